The number of amides is 1. The quantitative estimate of drug-likeness (QED) is 0.652. The molecule has 1 atom stereocenters. The van der Waals surface area contributed by atoms with E-state index in [4.69, 9.17) is 0 Å². The highest BCUT2D eigenvalue weighted by molar-refractivity contribution is 9.10. The first-order chi connectivity index (χ1) is 9.47. The summed E-state index contributed by atoms with van der Waals surface area (Å²) in [5, 5.41) is 19.8. The average Bonchev–Trinajstić information content (AvgIpc) is 2.91. The molecule has 0 bridgehead atoms. The number of carbonyl (C=O) groups excluding carboxylic acids is 1. The largest absolute Gasteiger partial charge is 0.342 e. The summed E-state index contributed by atoms with van der Waals surface area (Å²) in [6.45, 7) is 1.73. The third-order valence-corrected chi connectivity index (χ3v) is 3.00. The number of hydrogen-bond donors (Lipinski definition) is 2. The molecule has 1 amide bonds. The Bertz CT molecular complexity index is 644. The SMILES string of the molecule is CC(NC(=O)c1cc(Br)cc([N+](=O)[O-])c1)c1ncn[nH]1. The van der Waals surface area contributed by atoms with Gasteiger partial charge in [-0.25, -0.2) is 4.98 Å². The van der Waals surface area contributed by atoms with Crippen molar-refractivity contribution < 1.29 is 9.72 Å². The first-order valence-corrected chi connectivity index (χ1v) is 6.38. The lowest BCUT2D eigenvalue weighted by Gasteiger charge is -2.11. The monoisotopic (exact) mass is 339 g/mol. The van der Waals surface area contributed by atoms with Crippen LogP contribution < -0.4 is 5.32 Å². The Morgan fingerprint density at radius 3 is 2.85 bits per heavy atom. The van der Waals surface area contributed by atoms with Gasteiger partial charge in [0.2, 0.25) is 0 Å². The number of nitrogens with one attached hydrogen (secondary N) is 2. The van der Waals surface area contributed by atoms with Gasteiger partial charge in [0, 0.05) is 22.2 Å². The normalized spacial score (nSPS) is 11.9. The van der Waals surface area contributed by atoms with Crippen LogP contribution in [-0.2, 0) is 0 Å². The van der Waals surface area contributed by atoms with Crippen molar-refractivity contribution in [1.29, 1.82) is 0 Å². The number of non-ortho nitro benzene ring substituents is 1. The minimum Gasteiger partial charge on any atom is -0.342 e. The molecule has 1 aromatic carbocycles. The minimum atomic E-state index is -0.554. The van der Waals surface area contributed by atoms with E-state index in [-0.39, 0.29) is 17.3 Å². The van der Waals surface area contributed by atoms with Crippen molar-refractivity contribution in [1.82, 2.24) is 20.5 Å². The molecule has 9 heteroatoms. The molecule has 0 aliphatic heterocycles. The maximum Gasteiger partial charge on any atom is 0.271 e. The zero-order chi connectivity index (χ0) is 14.7. The topological polar surface area (TPSA) is 114 Å². The summed E-state index contributed by atoms with van der Waals surface area (Å²) >= 11 is 3.14. The standard InChI is InChI=1S/C11H10BrN5O3/c1-6(10-13-5-14-16-10)15-11(18)7-2-8(12)4-9(3-7)17(19)20/h2-6H,1H3,(H,15,18)(H,13,14,16). The summed E-state index contributed by atoms with van der Waals surface area (Å²) in [6, 6.07) is 3.67. The van der Waals surface area contributed by atoms with E-state index in [2.05, 4.69) is 36.4 Å². The molecule has 2 N–H and O–H groups in total. The van der Waals surface area contributed by atoms with Crippen molar-refractivity contribution in [3.8, 4) is 0 Å². The Labute approximate surface area is 121 Å². The van der Waals surface area contributed by atoms with Crippen LogP contribution in [0, 0.1) is 10.1 Å². The number of nitro benzene ring substituents is 1. The molecule has 0 spiro atoms. The third kappa shape index (κ3) is 3.18. The molecule has 2 rings (SSSR count). The van der Waals surface area contributed by atoms with E-state index < -0.39 is 10.8 Å². The lowest BCUT2D eigenvalue weighted by Crippen LogP contribution is -2.27. The number of hydrogen-bond acceptors (Lipinski definition) is 5. The van der Waals surface area contributed by atoms with Gasteiger partial charge in [-0.05, 0) is 13.0 Å². The second-order valence-electron chi connectivity index (χ2n) is 4.02. The van der Waals surface area contributed by atoms with Crippen LogP contribution in [0.4, 0.5) is 5.69 Å². The van der Waals surface area contributed by atoms with E-state index in [9.17, 15) is 14.9 Å². The molecule has 0 saturated carbocycles. The van der Waals surface area contributed by atoms with E-state index in [1.165, 1.54) is 24.5 Å². The van der Waals surface area contributed by atoms with Gasteiger partial charge in [0.1, 0.15) is 12.2 Å². The van der Waals surface area contributed by atoms with Gasteiger partial charge in [0.25, 0.3) is 11.6 Å². The Hall–Kier alpha value is -2.29. The van der Waals surface area contributed by atoms with Gasteiger partial charge in [-0.1, -0.05) is 15.9 Å². The molecule has 1 unspecified atom stereocenters. The van der Waals surface area contributed by atoms with E-state index in [0.717, 1.165) is 0 Å². The molecule has 8 nitrogen and oxygen atoms in total. The predicted octanol–water partition coefficient (Wildman–Crippen LogP) is 1.97. The van der Waals surface area contributed by atoms with E-state index in [1.807, 2.05) is 0 Å². The number of aromatic amines is 1. The number of rotatable bonds is 4. The molecule has 1 aromatic heterocycles. The second kappa shape index (κ2) is 5.78. The van der Waals surface area contributed by atoms with Gasteiger partial charge in [0.15, 0.2) is 0 Å². The molecule has 1 heterocycles. The van der Waals surface area contributed by atoms with Crippen molar-refractivity contribution in [2.24, 2.45) is 0 Å². The Kier molecular flexibility index (Phi) is 4.08. The number of H-pyrrole nitrogens is 1. The van der Waals surface area contributed by atoms with Crippen LogP contribution in [0.3, 0.4) is 0 Å². The van der Waals surface area contributed by atoms with E-state index in [1.54, 1.807) is 6.92 Å². The summed E-state index contributed by atoms with van der Waals surface area (Å²) in [6.07, 6.45) is 1.34. The van der Waals surface area contributed by atoms with Crippen molar-refractivity contribution >= 4 is 27.5 Å². The smallest absolute Gasteiger partial charge is 0.271 e. The number of carbonyl (C=O) groups is 1. The fourth-order valence-electron chi connectivity index (χ4n) is 1.58. The van der Waals surface area contributed by atoms with Gasteiger partial charge < -0.3 is 5.32 Å². The maximum absolute atomic E-state index is 12.1. The summed E-state index contributed by atoms with van der Waals surface area (Å²) in [4.78, 5) is 26.2. The lowest BCUT2D eigenvalue weighted by atomic mass is 10.1. The lowest BCUT2D eigenvalue weighted by molar-refractivity contribution is -0.385. The third-order valence-electron chi connectivity index (χ3n) is 2.55. The highest BCUT2D eigenvalue weighted by Gasteiger charge is 2.17. The van der Waals surface area contributed by atoms with Crippen LogP contribution in [0.1, 0.15) is 29.1 Å². The molecule has 0 aliphatic rings. The van der Waals surface area contributed by atoms with Gasteiger partial charge in [-0.2, -0.15) is 5.10 Å². The average molecular weight is 340 g/mol. The summed E-state index contributed by atoms with van der Waals surface area (Å²) < 4.78 is 0.462. The van der Waals surface area contributed by atoms with Crippen molar-refractivity contribution in [3.05, 3.63) is 50.5 Å². The van der Waals surface area contributed by atoms with E-state index in [0.29, 0.717) is 10.3 Å². The first-order valence-electron chi connectivity index (χ1n) is 5.58. The molecule has 104 valence electrons. The molecule has 0 aliphatic carbocycles. The van der Waals surface area contributed by atoms with Crippen molar-refractivity contribution in [2.75, 3.05) is 0 Å². The van der Waals surface area contributed by atoms with Crippen LogP contribution >= 0.6 is 15.9 Å². The van der Waals surface area contributed by atoms with Crippen LogP contribution in [0.2, 0.25) is 0 Å². The highest BCUT2D eigenvalue weighted by Crippen LogP contribution is 2.21. The predicted molar refractivity (Wildman–Crippen MR) is 73.1 cm³/mol. The Morgan fingerprint density at radius 2 is 2.25 bits per heavy atom. The van der Waals surface area contributed by atoms with Gasteiger partial charge in [-0.3, -0.25) is 20.0 Å². The van der Waals surface area contributed by atoms with Gasteiger partial charge in [-0.15, -0.1) is 0 Å². The van der Waals surface area contributed by atoms with Gasteiger partial charge >= 0.3 is 0 Å². The molecule has 20 heavy (non-hydrogen) atoms. The van der Waals surface area contributed by atoms with Crippen LogP contribution in [0.5, 0.6) is 0 Å². The van der Waals surface area contributed by atoms with Crippen molar-refractivity contribution in [3.63, 3.8) is 0 Å². The molecule has 0 radical (unpaired) electrons. The molecule has 2 aromatic rings. The summed E-state index contributed by atoms with van der Waals surface area (Å²) in [7, 11) is 0. The highest BCUT2D eigenvalue weighted by atomic mass is 79.9. The first kappa shape index (κ1) is 14.1. The zero-order valence-electron chi connectivity index (χ0n) is 10.3. The minimum absolute atomic E-state index is 0.156. The van der Waals surface area contributed by atoms with Crippen LogP contribution in [0.15, 0.2) is 29.0 Å². The van der Waals surface area contributed by atoms with Crippen molar-refractivity contribution in [2.45, 2.75) is 13.0 Å². The van der Waals surface area contributed by atoms with Gasteiger partial charge in [0.05, 0.1) is 11.0 Å². The number of benzene rings is 1. The number of nitro groups is 1. The second-order valence-corrected chi connectivity index (χ2v) is 4.94. The fourth-order valence-corrected chi connectivity index (χ4v) is 2.06. The number of aromatic nitrogens is 3. The zero-order valence-corrected chi connectivity index (χ0v) is 11.9. The molecule has 0 fully saturated rings. The molecule has 0 saturated heterocycles. The summed E-state index contributed by atoms with van der Waals surface area (Å²) in [5.41, 5.74) is 0.0364. The van der Waals surface area contributed by atoms with Crippen LogP contribution in [-0.4, -0.2) is 26.0 Å². The Balaban J connectivity index is 2.19. The molecular weight excluding hydrogens is 330 g/mol. The van der Waals surface area contributed by atoms with E-state index >= 15 is 0 Å². The fraction of sp³-hybridized carbons (Fsp3) is 0.182. The molecular formula is C11H10BrN5O3. The Morgan fingerprint density at radius 1 is 1.50 bits per heavy atom. The van der Waals surface area contributed by atoms with Crippen LogP contribution in [0.25, 0.3) is 0 Å². The summed E-state index contributed by atoms with van der Waals surface area (Å²) in [5.74, 6) is 0.0705. The number of nitrogens with zero attached hydrogens (tertiary/aromatic N) is 3. The number of halogens is 1. The maximum atomic E-state index is 12.1.